The zero-order valence-electron chi connectivity index (χ0n) is 10.4. The van der Waals surface area contributed by atoms with E-state index in [1.54, 1.807) is 4.90 Å². The van der Waals surface area contributed by atoms with Gasteiger partial charge >= 0.3 is 5.82 Å². The average molecular weight is 318 g/mol. The molecule has 0 unspecified atom stereocenters. The molecule has 1 heterocycles. The number of hydrogen-bond donors (Lipinski definition) is 0. The molecule has 0 saturated heterocycles. The summed E-state index contributed by atoms with van der Waals surface area (Å²) >= 11 is 3.32. The van der Waals surface area contributed by atoms with E-state index in [2.05, 4.69) is 15.9 Å². The smallest absolute Gasteiger partial charge is 0.323 e. The van der Waals surface area contributed by atoms with E-state index >= 15 is 0 Å². The monoisotopic (exact) mass is 317 g/mol. The van der Waals surface area contributed by atoms with E-state index in [1.807, 2.05) is 6.92 Å². The Morgan fingerprint density at radius 1 is 1.56 bits per heavy atom. The lowest BCUT2D eigenvalue weighted by atomic mass is 10.3. The predicted octanol–water partition coefficient (Wildman–Crippen LogP) is 2.18. The topological polar surface area (TPSA) is 68.4 Å². The Morgan fingerprint density at radius 3 is 2.67 bits per heavy atom. The van der Waals surface area contributed by atoms with E-state index in [-0.39, 0.29) is 11.7 Å². The molecule has 0 aromatic carbocycles. The highest BCUT2D eigenvalue weighted by Crippen LogP contribution is 2.16. The van der Waals surface area contributed by atoms with Gasteiger partial charge in [-0.25, -0.2) is 4.57 Å². The first-order valence-electron chi connectivity index (χ1n) is 5.68. The fraction of sp³-hybridized carbons (Fsp3) is 0.545. The lowest BCUT2D eigenvalue weighted by molar-refractivity contribution is -0.391. The molecule has 1 aromatic heterocycles. The van der Waals surface area contributed by atoms with Crippen molar-refractivity contribution in [3.05, 3.63) is 27.9 Å². The number of halogens is 1. The third kappa shape index (κ3) is 3.10. The fourth-order valence-electron chi connectivity index (χ4n) is 1.71. The van der Waals surface area contributed by atoms with Crippen LogP contribution in [0.2, 0.25) is 0 Å². The summed E-state index contributed by atoms with van der Waals surface area (Å²) in [6.45, 7) is 3.12. The Labute approximate surface area is 114 Å². The molecule has 0 radical (unpaired) electrons. The van der Waals surface area contributed by atoms with Crippen LogP contribution in [0.15, 0.2) is 12.1 Å². The lowest BCUT2D eigenvalue weighted by Crippen LogP contribution is -2.33. The number of nitrogens with zero attached hydrogens (tertiary/aromatic N) is 3. The largest absolute Gasteiger partial charge is 0.358 e. The van der Waals surface area contributed by atoms with Gasteiger partial charge in [-0.2, -0.15) is 0 Å². The first-order chi connectivity index (χ1) is 8.52. The van der Waals surface area contributed by atoms with Crippen molar-refractivity contribution in [2.45, 2.75) is 13.3 Å². The minimum atomic E-state index is -0.494. The zero-order valence-corrected chi connectivity index (χ0v) is 12.0. The second-order valence-electron chi connectivity index (χ2n) is 3.82. The van der Waals surface area contributed by atoms with Gasteiger partial charge in [0.25, 0.3) is 5.91 Å². The Bertz CT molecular complexity index is 445. The highest BCUT2D eigenvalue weighted by atomic mass is 79.9. The normalized spacial score (nSPS) is 10.4. The van der Waals surface area contributed by atoms with Gasteiger partial charge < -0.3 is 15.0 Å². The standard InChI is InChI=1S/C11H16BrN3O3/c1-3-14(8-4-7-12)11(16)9-5-6-10(13(9)2)15(17)18/h5-6H,3-4,7-8H2,1-2H3. The van der Waals surface area contributed by atoms with Crippen LogP contribution in [0.25, 0.3) is 0 Å². The van der Waals surface area contributed by atoms with E-state index < -0.39 is 4.92 Å². The first-order valence-corrected chi connectivity index (χ1v) is 6.80. The maximum atomic E-state index is 12.2. The summed E-state index contributed by atoms with van der Waals surface area (Å²) in [5.41, 5.74) is 0.345. The van der Waals surface area contributed by atoms with Gasteiger partial charge in [-0.3, -0.25) is 4.79 Å². The minimum absolute atomic E-state index is 0.0742. The number of rotatable bonds is 6. The van der Waals surface area contributed by atoms with Crippen molar-refractivity contribution >= 4 is 27.7 Å². The van der Waals surface area contributed by atoms with Gasteiger partial charge in [0.05, 0.1) is 7.05 Å². The molecule has 7 heteroatoms. The third-order valence-corrected chi connectivity index (χ3v) is 3.29. The molecule has 1 aromatic rings. The van der Waals surface area contributed by atoms with Crippen LogP contribution in [-0.4, -0.2) is 38.7 Å². The van der Waals surface area contributed by atoms with Crippen LogP contribution in [0.4, 0.5) is 5.82 Å². The Hall–Kier alpha value is -1.37. The summed E-state index contributed by atoms with van der Waals surface area (Å²) in [6.07, 6.45) is 0.853. The van der Waals surface area contributed by atoms with Crippen LogP contribution in [0.3, 0.4) is 0 Å². The molecule has 100 valence electrons. The molecule has 0 N–H and O–H groups in total. The van der Waals surface area contributed by atoms with Crippen molar-refractivity contribution in [1.82, 2.24) is 9.47 Å². The van der Waals surface area contributed by atoms with Gasteiger partial charge in [-0.1, -0.05) is 15.9 Å². The summed E-state index contributed by atoms with van der Waals surface area (Å²) in [5.74, 6) is -0.246. The molecule has 1 amide bonds. The van der Waals surface area contributed by atoms with E-state index in [1.165, 1.54) is 23.7 Å². The average Bonchev–Trinajstić information content (AvgIpc) is 2.71. The van der Waals surface area contributed by atoms with Crippen molar-refractivity contribution in [2.75, 3.05) is 18.4 Å². The van der Waals surface area contributed by atoms with Gasteiger partial charge in [-0.05, 0) is 24.3 Å². The summed E-state index contributed by atoms with van der Waals surface area (Å²) in [5, 5.41) is 11.5. The molecule has 0 bridgehead atoms. The van der Waals surface area contributed by atoms with Crippen molar-refractivity contribution in [3.8, 4) is 0 Å². The number of aromatic nitrogens is 1. The van der Waals surface area contributed by atoms with Gasteiger partial charge in [0.2, 0.25) is 0 Å². The van der Waals surface area contributed by atoms with Gasteiger partial charge in [0.15, 0.2) is 5.69 Å². The molecular weight excluding hydrogens is 302 g/mol. The molecular formula is C11H16BrN3O3. The van der Waals surface area contributed by atoms with Crippen molar-refractivity contribution in [3.63, 3.8) is 0 Å². The highest BCUT2D eigenvalue weighted by molar-refractivity contribution is 9.09. The highest BCUT2D eigenvalue weighted by Gasteiger charge is 2.23. The number of alkyl halides is 1. The van der Waals surface area contributed by atoms with E-state index in [9.17, 15) is 14.9 Å². The third-order valence-electron chi connectivity index (χ3n) is 2.73. The quantitative estimate of drug-likeness (QED) is 0.459. The first kappa shape index (κ1) is 14.7. The number of hydrogen-bond acceptors (Lipinski definition) is 3. The van der Waals surface area contributed by atoms with Crippen molar-refractivity contribution in [2.24, 2.45) is 7.05 Å². The summed E-state index contributed by atoms with van der Waals surface area (Å²) < 4.78 is 1.32. The molecule has 0 fully saturated rings. The molecule has 0 atom stereocenters. The SMILES string of the molecule is CCN(CCCBr)C(=O)c1ccc([N+](=O)[O-])n1C. The van der Waals surface area contributed by atoms with E-state index in [0.29, 0.717) is 18.8 Å². The molecule has 6 nitrogen and oxygen atoms in total. The van der Waals surface area contributed by atoms with Crippen LogP contribution in [0.5, 0.6) is 0 Å². The second kappa shape index (κ2) is 6.53. The molecule has 0 aliphatic heterocycles. The van der Waals surface area contributed by atoms with Gasteiger partial charge in [0.1, 0.15) is 0 Å². The maximum Gasteiger partial charge on any atom is 0.323 e. The zero-order chi connectivity index (χ0) is 13.7. The van der Waals surface area contributed by atoms with Crippen LogP contribution in [-0.2, 0) is 7.05 Å². The maximum absolute atomic E-state index is 12.2. The summed E-state index contributed by atoms with van der Waals surface area (Å²) in [7, 11) is 1.53. The molecule has 1 rings (SSSR count). The molecule has 18 heavy (non-hydrogen) atoms. The Morgan fingerprint density at radius 2 is 2.22 bits per heavy atom. The molecule has 0 saturated carbocycles. The molecule has 0 aliphatic carbocycles. The number of carbonyl (C=O) groups is 1. The number of amides is 1. The number of nitro groups is 1. The second-order valence-corrected chi connectivity index (χ2v) is 4.61. The summed E-state index contributed by atoms with van der Waals surface area (Å²) in [4.78, 5) is 24.1. The number of carbonyl (C=O) groups excluding carboxylic acids is 1. The Balaban J connectivity index is 2.92. The molecule has 0 spiro atoms. The van der Waals surface area contributed by atoms with Crippen LogP contribution in [0, 0.1) is 10.1 Å². The Kier molecular flexibility index (Phi) is 5.33. The summed E-state index contributed by atoms with van der Waals surface area (Å²) in [6, 6.07) is 2.85. The predicted molar refractivity (Wildman–Crippen MR) is 72.1 cm³/mol. The fourth-order valence-corrected chi connectivity index (χ4v) is 1.97. The van der Waals surface area contributed by atoms with Crippen LogP contribution < -0.4 is 0 Å². The van der Waals surface area contributed by atoms with Gasteiger partial charge in [-0.15, -0.1) is 0 Å². The van der Waals surface area contributed by atoms with Crippen LogP contribution >= 0.6 is 15.9 Å². The van der Waals surface area contributed by atoms with Crippen molar-refractivity contribution in [1.29, 1.82) is 0 Å². The van der Waals surface area contributed by atoms with E-state index in [0.717, 1.165) is 11.8 Å². The lowest BCUT2D eigenvalue weighted by Gasteiger charge is -2.19. The van der Waals surface area contributed by atoms with Crippen molar-refractivity contribution < 1.29 is 9.72 Å². The van der Waals surface area contributed by atoms with E-state index in [4.69, 9.17) is 0 Å². The van der Waals surface area contributed by atoms with Gasteiger partial charge in [0, 0.05) is 24.5 Å². The minimum Gasteiger partial charge on any atom is -0.358 e. The molecule has 0 aliphatic rings. The van der Waals surface area contributed by atoms with Crippen LogP contribution in [0.1, 0.15) is 23.8 Å².